The fraction of sp³-hybridized carbons (Fsp3) is 0.333. The Labute approximate surface area is 164 Å². The Balaban J connectivity index is 1.94. The van der Waals surface area contributed by atoms with Gasteiger partial charge in [-0.15, -0.1) is 0 Å². The molecule has 1 aliphatic heterocycles. The maximum atomic E-state index is 14.1. The van der Waals surface area contributed by atoms with Crippen LogP contribution in [0.25, 0.3) is 0 Å². The van der Waals surface area contributed by atoms with Crippen LogP contribution in [-0.4, -0.2) is 40.4 Å². The van der Waals surface area contributed by atoms with Crippen LogP contribution >= 0.6 is 0 Å². The molecule has 1 saturated heterocycles. The minimum absolute atomic E-state index is 0.0770. The Hall–Kier alpha value is -1.85. The maximum Gasteiger partial charge on any atom is 0.243 e. The average Bonchev–Trinajstić information content (AvgIpc) is 3.15. The third kappa shape index (κ3) is 4.76. The molecule has 1 atom stereocenters. The van der Waals surface area contributed by atoms with E-state index in [2.05, 4.69) is 0 Å². The van der Waals surface area contributed by atoms with Gasteiger partial charge in [0.05, 0.1) is 15.9 Å². The molecule has 0 aliphatic carbocycles. The second kappa shape index (κ2) is 8.26. The van der Waals surface area contributed by atoms with Gasteiger partial charge in [0, 0.05) is 25.3 Å². The number of halogens is 1. The number of primary sulfonamides is 1. The first kappa shape index (κ1) is 20.9. The number of nitrogens with zero attached hydrogens (tertiary/aromatic N) is 1. The first-order valence-electron chi connectivity index (χ1n) is 8.66. The molecule has 2 N–H and O–H groups in total. The average molecular weight is 429 g/mol. The molecule has 1 fully saturated rings. The van der Waals surface area contributed by atoms with Crippen molar-refractivity contribution in [1.82, 2.24) is 4.31 Å². The lowest BCUT2D eigenvalue weighted by Gasteiger charge is -2.25. The normalized spacial score (nSPS) is 17.9. The summed E-state index contributed by atoms with van der Waals surface area (Å²) in [5.74, 6) is -0.500. The number of rotatable bonds is 7. The quantitative estimate of drug-likeness (QED) is 0.724. The van der Waals surface area contributed by atoms with Gasteiger partial charge in [-0.05, 0) is 43.2 Å². The molecule has 0 radical (unpaired) electrons. The highest BCUT2D eigenvalue weighted by Gasteiger charge is 2.30. The smallest absolute Gasteiger partial charge is 0.243 e. The molecule has 0 amide bonds. The second-order valence-electron chi connectivity index (χ2n) is 6.54. The van der Waals surface area contributed by atoms with Gasteiger partial charge >= 0.3 is 0 Å². The summed E-state index contributed by atoms with van der Waals surface area (Å²) < 4.78 is 69.9. The molecule has 2 aromatic rings. The molecule has 10 heteroatoms. The molecule has 2 aromatic carbocycles. The van der Waals surface area contributed by atoms with Crippen LogP contribution in [0.2, 0.25) is 0 Å². The van der Waals surface area contributed by atoms with E-state index in [0.717, 1.165) is 22.9 Å². The van der Waals surface area contributed by atoms with Gasteiger partial charge in [0.2, 0.25) is 20.0 Å². The molecule has 0 spiro atoms. The van der Waals surface area contributed by atoms with Crippen LogP contribution in [0.4, 0.5) is 4.39 Å². The van der Waals surface area contributed by atoms with E-state index in [4.69, 9.17) is 9.88 Å². The van der Waals surface area contributed by atoms with Gasteiger partial charge in [-0.1, -0.05) is 18.2 Å². The van der Waals surface area contributed by atoms with Crippen LogP contribution in [0.1, 0.15) is 18.4 Å². The number of sulfonamides is 2. The third-order valence-corrected chi connectivity index (χ3v) is 7.28. The number of hydrogen-bond donors (Lipinski definition) is 1. The summed E-state index contributed by atoms with van der Waals surface area (Å²) in [7, 11) is -7.95. The van der Waals surface area contributed by atoms with E-state index in [1.807, 2.05) is 0 Å². The molecule has 0 unspecified atom stereocenters. The highest BCUT2D eigenvalue weighted by atomic mass is 32.2. The SMILES string of the molecule is NS(=O)(=O)c1ccc(S(=O)(=O)N(Cc2ccccc2F)C[C@H]2CCCO2)cc1. The lowest BCUT2D eigenvalue weighted by molar-refractivity contribution is 0.0924. The number of hydrogen-bond acceptors (Lipinski definition) is 5. The van der Waals surface area contributed by atoms with E-state index in [9.17, 15) is 21.2 Å². The molecular weight excluding hydrogens is 407 g/mol. The van der Waals surface area contributed by atoms with Crippen molar-refractivity contribution in [3.8, 4) is 0 Å². The molecule has 1 aliphatic rings. The van der Waals surface area contributed by atoms with Gasteiger partial charge in [0.25, 0.3) is 0 Å². The van der Waals surface area contributed by atoms with Crippen molar-refractivity contribution in [3.63, 3.8) is 0 Å². The van der Waals surface area contributed by atoms with E-state index in [-0.39, 0.29) is 34.5 Å². The summed E-state index contributed by atoms with van der Waals surface area (Å²) in [6.07, 6.45) is 1.28. The largest absolute Gasteiger partial charge is 0.377 e. The van der Waals surface area contributed by atoms with Gasteiger partial charge in [0.1, 0.15) is 5.82 Å². The molecule has 7 nitrogen and oxygen atoms in total. The molecule has 1 heterocycles. The fourth-order valence-electron chi connectivity index (χ4n) is 3.03. The lowest BCUT2D eigenvalue weighted by atomic mass is 10.2. The van der Waals surface area contributed by atoms with E-state index >= 15 is 0 Å². The summed E-state index contributed by atoms with van der Waals surface area (Å²) in [5.41, 5.74) is 0.241. The monoisotopic (exact) mass is 428 g/mol. The molecule has 152 valence electrons. The number of nitrogens with two attached hydrogens (primary N) is 1. The van der Waals surface area contributed by atoms with Crippen molar-refractivity contribution in [1.29, 1.82) is 0 Å². The first-order chi connectivity index (χ1) is 13.2. The zero-order valence-corrected chi connectivity index (χ0v) is 16.6. The first-order valence-corrected chi connectivity index (χ1v) is 11.6. The van der Waals surface area contributed by atoms with Crippen LogP contribution in [-0.2, 0) is 31.3 Å². The Morgan fingerprint density at radius 1 is 1.04 bits per heavy atom. The molecular formula is C18H21FN2O5S2. The molecule has 0 saturated carbocycles. The number of ether oxygens (including phenoxy) is 1. The van der Waals surface area contributed by atoms with Gasteiger partial charge in [0.15, 0.2) is 0 Å². The van der Waals surface area contributed by atoms with Crippen molar-refractivity contribution in [2.45, 2.75) is 35.3 Å². The van der Waals surface area contributed by atoms with Crippen molar-refractivity contribution < 1.29 is 26.0 Å². The number of benzene rings is 2. The molecule has 0 bridgehead atoms. The predicted molar refractivity (Wildman–Crippen MR) is 101 cm³/mol. The van der Waals surface area contributed by atoms with Gasteiger partial charge in [-0.3, -0.25) is 0 Å². The summed E-state index contributed by atoms with van der Waals surface area (Å²) in [5, 5.41) is 5.06. The van der Waals surface area contributed by atoms with E-state index in [1.165, 1.54) is 30.3 Å². The van der Waals surface area contributed by atoms with E-state index in [1.54, 1.807) is 6.07 Å². The second-order valence-corrected chi connectivity index (χ2v) is 10.0. The summed E-state index contributed by atoms with van der Waals surface area (Å²) in [6, 6.07) is 10.6. The minimum atomic E-state index is -4.01. The Kier molecular flexibility index (Phi) is 6.15. The van der Waals surface area contributed by atoms with Crippen LogP contribution in [0.3, 0.4) is 0 Å². The predicted octanol–water partition coefficient (Wildman–Crippen LogP) is 1.84. The summed E-state index contributed by atoms with van der Waals surface area (Å²) in [6.45, 7) is 0.473. The maximum absolute atomic E-state index is 14.1. The van der Waals surface area contributed by atoms with Gasteiger partial charge < -0.3 is 4.74 Å². The van der Waals surface area contributed by atoms with Gasteiger partial charge in [-0.25, -0.2) is 26.4 Å². The van der Waals surface area contributed by atoms with Crippen molar-refractivity contribution in [3.05, 3.63) is 59.9 Å². The summed E-state index contributed by atoms with van der Waals surface area (Å²) in [4.78, 5) is -0.291. The lowest BCUT2D eigenvalue weighted by Crippen LogP contribution is -2.37. The highest BCUT2D eigenvalue weighted by Crippen LogP contribution is 2.24. The van der Waals surface area contributed by atoms with E-state index < -0.39 is 25.9 Å². The zero-order valence-electron chi connectivity index (χ0n) is 15.0. The molecule has 28 heavy (non-hydrogen) atoms. The van der Waals surface area contributed by atoms with E-state index in [0.29, 0.717) is 13.0 Å². The van der Waals surface area contributed by atoms with Crippen molar-refractivity contribution in [2.75, 3.05) is 13.2 Å². The Morgan fingerprint density at radius 2 is 1.68 bits per heavy atom. The van der Waals surface area contributed by atoms with Crippen LogP contribution < -0.4 is 5.14 Å². The third-order valence-electron chi connectivity index (χ3n) is 4.53. The molecule has 0 aromatic heterocycles. The standard InChI is InChI=1S/C18H21FN2O5S2/c19-18-6-2-1-4-14(18)12-21(13-15-5-3-11-26-15)28(24,25)17-9-7-16(8-10-17)27(20,22)23/h1-2,4,6-10,15H,3,5,11-13H2,(H2,20,22,23)/t15-/m1/s1. The summed E-state index contributed by atoms with van der Waals surface area (Å²) >= 11 is 0. The van der Waals surface area contributed by atoms with Crippen molar-refractivity contribution >= 4 is 20.0 Å². The van der Waals surface area contributed by atoms with Crippen LogP contribution in [0.5, 0.6) is 0 Å². The van der Waals surface area contributed by atoms with Crippen LogP contribution in [0.15, 0.2) is 58.3 Å². The van der Waals surface area contributed by atoms with Crippen molar-refractivity contribution in [2.24, 2.45) is 5.14 Å². The van der Waals surface area contributed by atoms with Gasteiger partial charge in [-0.2, -0.15) is 4.31 Å². The Morgan fingerprint density at radius 3 is 2.25 bits per heavy atom. The molecule has 3 rings (SSSR count). The zero-order chi connectivity index (χ0) is 20.4. The topological polar surface area (TPSA) is 107 Å². The van der Waals surface area contributed by atoms with Crippen LogP contribution in [0, 0.1) is 5.82 Å². The minimum Gasteiger partial charge on any atom is -0.377 e. The highest BCUT2D eigenvalue weighted by molar-refractivity contribution is 7.89. The fourth-order valence-corrected chi connectivity index (χ4v) is 5.00. The Bertz CT molecular complexity index is 1030.